The smallest absolute Gasteiger partial charge is 0.261 e. The zero-order valence-electron chi connectivity index (χ0n) is 10.6. The van der Waals surface area contributed by atoms with E-state index in [2.05, 4.69) is 17.1 Å². The van der Waals surface area contributed by atoms with E-state index >= 15 is 0 Å². The standard InChI is InChI=1S/C13H17N3O2/c1-3-6-10(14)12-15-13(18-16-12)9-7-4-5-8-11(9)17-2/h4-5,7-8,10H,3,6,14H2,1-2H3. The van der Waals surface area contributed by atoms with Gasteiger partial charge >= 0.3 is 0 Å². The molecule has 18 heavy (non-hydrogen) atoms. The molecule has 0 aliphatic rings. The summed E-state index contributed by atoms with van der Waals surface area (Å²) in [5.74, 6) is 1.68. The molecule has 5 nitrogen and oxygen atoms in total. The molecule has 2 rings (SSSR count). The molecule has 1 unspecified atom stereocenters. The zero-order valence-corrected chi connectivity index (χ0v) is 10.6. The molecule has 1 aromatic carbocycles. The molecule has 0 saturated heterocycles. The molecule has 0 aliphatic carbocycles. The van der Waals surface area contributed by atoms with E-state index in [1.165, 1.54) is 0 Å². The maximum Gasteiger partial charge on any atom is 0.261 e. The second-order valence-electron chi connectivity index (χ2n) is 4.05. The second-order valence-corrected chi connectivity index (χ2v) is 4.05. The molecule has 96 valence electrons. The van der Waals surface area contributed by atoms with Gasteiger partial charge in [0.1, 0.15) is 5.75 Å². The molecule has 1 atom stereocenters. The highest BCUT2D eigenvalue weighted by Gasteiger charge is 2.16. The number of para-hydroxylation sites is 1. The molecule has 2 aromatic rings. The van der Waals surface area contributed by atoms with Crippen LogP contribution in [-0.2, 0) is 0 Å². The number of hydrogen-bond acceptors (Lipinski definition) is 5. The van der Waals surface area contributed by atoms with E-state index in [-0.39, 0.29) is 6.04 Å². The first-order valence-corrected chi connectivity index (χ1v) is 5.98. The number of nitrogens with zero attached hydrogens (tertiary/aromatic N) is 2. The van der Waals surface area contributed by atoms with Crippen molar-refractivity contribution in [2.24, 2.45) is 5.73 Å². The van der Waals surface area contributed by atoms with Crippen molar-refractivity contribution in [3.63, 3.8) is 0 Å². The monoisotopic (exact) mass is 247 g/mol. The summed E-state index contributed by atoms with van der Waals surface area (Å²) in [5, 5.41) is 3.92. The number of hydrogen-bond donors (Lipinski definition) is 1. The third-order valence-corrected chi connectivity index (χ3v) is 2.71. The van der Waals surface area contributed by atoms with Crippen LogP contribution in [-0.4, -0.2) is 17.3 Å². The van der Waals surface area contributed by atoms with Gasteiger partial charge in [-0.3, -0.25) is 0 Å². The van der Waals surface area contributed by atoms with Crippen molar-refractivity contribution in [1.82, 2.24) is 10.1 Å². The van der Waals surface area contributed by atoms with Crippen molar-refractivity contribution in [1.29, 1.82) is 0 Å². The van der Waals surface area contributed by atoms with Crippen LogP contribution < -0.4 is 10.5 Å². The molecule has 0 fully saturated rings. The molecule has 1 heterocycles. The lowest BCUT2D eigenvalue weighted by Crippen LogP contribution is -2.11. The average Bonchev–Trinajstić information content (AvgIpc) is 2.88. The quantitative estimate of drug-likeness (QED) is 0.878. The minimum atomic E-state index is -0.179. The van der Waals surface area contributed by atoms with Crippen LogP contribution in [0.3, 0.4) is 0 Å². The Bertz CT molecular complexity index is 510. The van der Waals surface area contributed by atoms with Gasteiger partial charge in [-0.2, -0.15) is 4.98 Å². The Morgan fingerprint density at radius 2 is 2.17 bits per heavy atom. The summed E-state index contributed by atoms with van der Waals surface area (Å²) in [6, 6.07) is 7.34. The van der Waals surface area contributed by atoms with Crippen LogP contribution in [0.1, 0.15) is 31.6 Å². The second kappa shape index (κ2) is 5.64. The molecule has 0 amide bonds. The van der Waals surface area contributed by atoms with Crippen molar-refractivity contribution in [3.05, 3.63) is 30.1 Å². The van der Waals surface area contributed by atoms with Gasteiger partial charge in [-0.1, -0.05) is 30.6 Å². The number of methoxy groups -OCH3 is 1. The predicted octanol–water partition coefficient (Wildman–Crippen LogP) is 2.55. The van der Waals surface area contributed by atoms with Gasteiger partial charge in [-0.15, -0.1) is 0 Å². The fourth-order valence-corrected chi connectivity index (χ4v) is 1.76. The molecule has 0 radical (unpaired) electrons. The Hall–Kier alpha value is -1.88. The summed E-state index contributed by atoms with van der Waals surface area (Å²) >= 11 is 0. The Labute approximate surface area is 106 Å². The number of ether oxygens (including phenoxy) is 1. The van der Waals surface area contributed by atoms with Crippen molar-refractivity contribution in [2.45, 2.75) is 25.8 Å². The van der Waals surface area contributed by atoms with E-state index in [1.807, 2.05) is 24.3 Å². The van der Waals surface area contributed by atoms with Gasteiger partial charge in [0.2, 0.25) is 0 Å². The van der Waals surface area contributed by atoms with Gasteiger partial charge in [-0.25, -0.2) is 0 Å². The molecule has 2 N–H and O–H groups in total. The Morgan fingerprint density at radius 1 is 1.39 bits per heavy atom. The maximum absolute atomic E-state index is 5.95. The van der Waals surface area contributed by atoms with Crippen LogP contribution >= 0.6 is 0 Å². The van der Waals surface area contributed by atoms with E-state index in [0.717, 1.165) is 18.4 Å². The van der Waals surface area contributed by atoms with Crippen molar-refractivity contribution < 1.29 is 9.26 Å². The van der Waals surface area contributed by atoms with Crippen LogP contribution in [0, 0.1) is 0 Å². The third-order valence-electron chi connectivity index (χ3n) is 2.71. The SMILES string of the molecule is CCCC(N)c1noc(-c2ccccc2OC)n1. The van der Waals surface area contributed by atoms with E-state index in [9.17, 15) is 0 Å². The van der Waals surface area contributed by atoms with E-state index in [4.69, 9.17) is 15.0 Å². The summed E-state index contributed by atoms with van der Waals surface area (Å²) in [4.78, 5) is 4.32. The van der Waals surface area contributed by atoms with Crippen LogP contribution in [0.25, 0.3) is 11.5 Å². The summed E-state index contributed by atoms with van der Waals surface area (Å²) in [6.45, 7) is 2.07. The maximum atomic E-state index is 5.95. The molecular weight excluding hydrogens is 230 g/mol. The highest BCUT2D eigenvalue weighted by Crippen LogP contribution is 2.28. The summed E-state index contributed by atoms with van der Waals surface area (Å²) in [6.07, 6.45) is 1.82. The average molecular weight is 247 g/mol. The zero-order chi connectivity index (χ0) is 13.0. The summed E-state index contributed by atoms with van der Waals surface area (Å²) in [7, 11) is 1.61. The fourth-order valence-electron chi connectivity index (χ4n) is 1.76. The van der Waals surface area contributed by atoms with E-state index in [1.54, 1.807) is 7.11 Å². The molecule has 0 aliphatic heterocycles. The Kier molecular flexibility index (Phi) is 3.94. The van der Waals surface area contributed by atoms with Gasteiger partial charge in [-0.05, 0) is 18.6 Å². The largest absolute Gasteiger partial charge is 0.496 e. The van der Waals surface area contributed by atoms with Gasteiger partial charge in [0.05, 0.1) is 18.7 Å². The summed E-state index contributed by atoms with van der Waals surface area (Å²) in [5.41, 5.74) is 6.73. The number of benzene rings is 1. The normalized spacial score (nSPS) is 12.4. The van der Waals surface area contributed by atoms with Crippen LogP contribution in [0.4, 0.5) is 0 Å². The minimum Gasteiger partial charge on any atom is -0.496 e. The molecule has 0 spiro atoms. The molecule has 0 bridgehead atoms. The minimum absolute atomic E-state index is 0.179. The van der Waals surface area contributed by atoms with Crippen LogP contribution in [0.5, 0.6) is 5.75 Å². The van der Waals surface area contributed by atoms with E-state index in [0.29, 0.717) is 17.5 Å². The van der Waals surface area contributed by atoms with E-state index < -0.39 is 0 Å². The van der Waals surface area contributed by atoms with Crippen molar-refractivity contribution in [2.75, 3.05) is 7.11 Å². The van der Waals surface area contributed by atoms with Gasteiger partial charge in [0, 0.05) is 0 Å². The third kappa shape index (κ3) is 2.51. The van der Waals surface area contributed by atoms with Crippen LogP contribution in [0.15, 0.2) is 28.8 Å². The van der Waals surface area contributed by atoms with Crippen molar-refractivity contribution in [3.8, 4) is 17.2 Å². The highest BCUT2D eigenvalue weighted by atomic mass is 16.5. The lowest BCUT2D eigenvalue weighted by Gasteiger charge is -2.04. The number of rotatable bonds is 5. The lowest BCUT2D eigenvalue weighted by molar-refractivity contribution is 0.399. The van der Waals surface area contributed by atoms with Crippen molar-refractivity contribution >= 4 is 0 Å². The van der Waals surface area contributed by atoms with Gasteiger partial charge in [0.25, 0.3) is 5.89 Å². The first kappa shape index (κ1) is 12.6. The lowest BCUT2D eigenvalue weighted by atomic mass is 10.1. The van der Waals surface area contributed by atoms with Gasteiger partial charge < -0.3 is 15.0 Å². The molecule has 5 heteroatoms. The molecule has 1 aromatic heterocycles. The van der Waals surface area contributed by atoms with Gasteiger partial charge in [0.15, 0.2) is 5.82 Å². The first-order chi connectivity index (χ1) is 8.76. The Morgan fingerprint density at radius 3 is 2.89 bits per heavy atom. The Balaban J connectivity index is 2.29. The first-order valence-electron chi connectivity index (χ1n) is 5.98. The topological polar surface area (TPSA) is 74.2 Å². The summed E-state index contributed by atoms with van der Waals surface area (Å²) < 4.78 is 10.5. The predicted molar refractivity (Wildman–Crippen MR) is 68.1 cm³/mol. The molecular formula is C13H17N3O2. The molecule has 0 saturated carbocycles. The highest BCUT2D eigenvalue weighted by molar-refractivity contribution is 5.62. The number of aromatic nitrogens is 2. The number of nitrogens with two attached hydrogens (primary N) is 1. The van der Waals surface area contributed by atoms with Crippen LogP contribution in [0.2, 0.25) is 0 Å². The fraction of sp³-hybridized carbons (Fsp3) is 0.385.